The van der Waals surface area contributed by atoms with Crippen LogP contribution >= 0.6 is 0 Å². The first kappa shape index (κ1) is 17.2. The van der Waals surface area contributed by atoms with Crippen LogP contribution in [0.3, 0.4) is 0 Å². The molecule has 0 aliphatic carbocycles. The summed E-state index contributed by atoms with van der Waals surface area (Å²) in [6.07, 6.45) is 0. The molecule has 0 radical (unpaired) electrons. The molecule has 3 rings (SSSR count). The lowest BCUT2D eigenvalue weighted by atomic mass is 10.1. The quantitative estimate of drug-likeness (QED) is 0.701. The van der Waals surface area contributed by atoms with E-state index >= 15 is 0 Å². The van der Waals surface area contributed by atoms with Crippen molar-refractivity contribution in [2.45, 2.75) is 6.92 Å². The fraction of sp³-hybridized carbons (Fsp3) is 0.105. The predicted molar refractivity (Wildman–Crippen MR) is 96.7 cm³/mol. The van der Waals surface area contributed by atoms with E-state index in [4.69, 9.17) is 14.9 Å². The Morgan fingerprint density at radius 3 is 2.58 bits per heavy atom. The normalized spacial score (nSPS) is 10.5. The summed E-state index contributed by atoms with van der Waals surface area (Å²) >= 11 is 0. The van der Waals surface area contributed by atoms with Crippen LogP contribution in [0.4, 0.5) is 5.69 Å². The van der Waals surface area contributed by atoms with E-state index in [0.29, 0.717) is 16.8 Å². The van der Waals surface area contributed by atoms with Gasteiger partial charge in [-0.05, 0) is 36.8 Å². The number of ether oxygens (including phenoxy) is 1. The number of anilines is 1. The summed E-state index contributed by atoms with van der Waals surface area (Å²) in [6, 6.07) is 10.7. The number of nitrogens with two attached hydrogens (primary N) is 1. The Balaban J connectivity index is 2.04. The number of fused-ring (bicyclic) bond motifs is 1. The van der Waals surface area contributed by atoms with Crippen molar-refractivity contribution in [3.05, 3.63) is 69.6 Å². The van der Waals surface area contributed by atoms with Crippen molar-refractivity contribution >= 4 is 28.5 Å². The number of carbonyl (C=O) groups excluding carboxylic acids is 2. The van der Waals surface area contributed by atoms with E-state index in [1.165, 1.54) is 19.2 Å². The molecule has 132 valence electrons. The van der Waals surface area contributed by atoms with Gasteiger partial charge in [0.25, 0.3) is 5.91 Å². The van der Waals surface area contributed by atoms with Crippen LogP contribution in [-0.4, -0.2) is 18.9 Å². The summed E-state index contributed by atoms with van der Waals surface area (Å²) in [6.45, 7) is 1.78. The molecule has 2 aromatic carbocycles. The van der Waals surface area contributed by atoms with Gasteiger partial charge in [0.05, 0.1) is 12.7 Å². The van der Waals surface area contributed by atoms with Gasteiger partial charge < -0.3 is 20.2 Å². The molecule has 0 saturated heterocycles. The molecule has 0 aliphatic heterocycles. The molecule has 0 saturated carbocycles. The molecule has 3 aromatic rings. The zero-order valence-corrected chi connectivity index (χ0v) is 14.2. The minimum atomic E-state index is -0.654. The number of primary amides is 1. The molecular weight excluding hydrogens is 336 g/mol. The zero-order valence-electron chi connectivity index (χ0n) is 14.2. The maximum absolute atomic E-state index is 12.7. The molecule has 1 heterocycles. The SMILES string of the molecule is COc1ccc2c(C(=O)Nc3cc(C(N)=O)ccc3C)cc(=O)oc2c1. The largest absolute Gasteiger partial charge is 0.497 e. The van der Waals surface area contributed by atoms with Crippen LogP contribution in [0.2, 0.25) is 0 Å². The molecule has 0 atom stereocenters. The third-order valence-corrected chi connectivity index (χ3v) is 3.97. The molecule has 0 spiro atoms. The average molecular weight is 352 g/mol. The van der Waals surface area contributed by atoms with Crippen LogP contribution in [0.5, 0.6) is 5.75 Å². The molecule has 0 aliphatic rings. The third kappa shape index (κ3) is 3.27. The Kier molecular flexibility index (Phi) is 4.45. The summed E-state index contributed by atoms with van der Waals surface area (Å²) in [4.78, 5) is 35.9. The number of hydrogen-bond donors (Lipinski definition) is 2. The Morgan fingerprint density at radius 1 is 1.12 bits per heavy atom. The topological polar surface area (TPSA) is 112 Å². The standard InChI is InChI=1S/C19H16N2O5/c1-10-3-4-11(18(20)23)7-15(10)21-19(24)14-9-17(22)26-16-8-12(25-2)5-6-13(14)16/h3-9H,1-2H3,(H2,20,23)(H,21,24). The lowest BCUT2D eigenvalue weighted by molar-refractivity contribution is 0.0996. The number of carbonyl (C=O) groups is 2. The monoisotopic (exact) mass is 352 g/mol. The van der Waals surface area contributed by atoms with Crippen molar-refractivity contribution in [3.8, 4) is 5.75 Å². The first-order valence-electron chi connectivity index (χ1n) is 7.73. The Labute approximate surface area is 148 Å². The molecule has 0 bridgehead atoms. The highest BCUT2D eigenvalue weighted by molar-refractivity contribution is 6.12. The highest BCUT2D eigenvalue weighted by atomic mass is 16.5. The molecule has 7 heteroatoms. The lowest BCUT2D eigenvalue weighted by Gasteiger charge is -2.11. The number of amides is 2. The maximum atomic E-state index is 12.7. The lowest BCUT2D eigenvalue weighted by Crippen LogP contribution is -2.17. The Morgan fingerprint density at radius 2 is 1.88 bits per heavy atom. The summed E-state index contributed by atoms with van der Waals surface area (Å²) < 4.78 is 10.2. The second-order valence-corrected chi connectivity index (χ2v) is 5.69. The van der Waals surface area contributed by atoms with Crippen LogP contribution in [0.25, 0.3) is 11.0 Å². The third-order valence-electron chi connectivity index (χ3n) is 3.97. The van der Waals surface area contributed by atoms with Gasteiger partial charge in [0.1, 0.15) is 11.3 Å². The highest BCUT2D eigenvalue weighted by Crippen LogP contribution is 2.24. The van der Waals surface area contributed by atoms with Gasteiger partial charge in [-0.15, -0.1) is 0 Å². The van der Waals surface area contributed by atoms with Crippen LogP contribution in [0, 0.1) is 6.92 Å². The molecule has 1 aromatic heterocycles. The Bertz CT molecular complexity index is 1080. The molecule has 3 N–H and O–H groups in total. The van der Waals surface area contributed by atoms with Crippen LogP contribution in [0.15, 0.2) is 51.7 Å². The molecule has 0 unspecified atom stereocenters. The van der Waals surface area contributed by atoms with Gasteiger partial charge in [0, 0.05) is 28.8 Å². The van der Waals surface area contributed by atoms with E-state index in [-0.39, 0.29) is 16.7 Å². The summed E-state index contributed by atoms with van der Waals surface area (Å²) in [5, 5.41) is 3.18. The smallest absolute Gasteiger partial charge is 0.337 e. The summed E-state index contributed by atoms with van der Waals surface area (Å²) in [5.74, 6) is -0.598. The first-order valence-corrected chi connectivity index (χ1v) is 7.73. The van der Waals surface area contributed by atoms with Gasteiger partial charge >= 0.3 is 5.63 Å². The molecule has 7 nitrogen and oxygen atoms in total. The fourth-order valence-corrected chi connectivity index (χ4v) is 2.56. The molecular formula is C19H16N2O5. The predicted octanol–water partition coefficient (Wildman–Crippen LogP) is 2.46. The zero-order chi connectivity index (χ0) is 18.8. The number of aryl methyl sites for hydroxylation is 1. The van der Waals surface area contributed by atoms with Crippen molar-refractivity contribution in [1.82, 2.24) is 0 Å². The number of nitrogens with one attached hydrogen (secondary N) is 1. The van der Waals surface area contributed by atoms with Gasteiger partial charge in [0.15, 0.2) is 0 Å². The molecule has 26 heavy (non-hydrogen) atoms. The van der Waals surface area contributed by atoms with E-state index in [1.807, 2.05) is 0 Å². The van der Waals surface area contributed by atoms with E-state index in [9.17, 15) is 14.4 Å². The maximum Gasteiger partial charge on any atom is 0.337 e. The van der Waals surface area contributed by atoms with Gasteiger partial charge in [0.2, 0.25) is 5.91 Å². The number of methoxy groups -OCH3 is 1. The number of benzene rings is 2. The second-order valence-electron chi connectivity index (χ2n) is 5.69. The van der Waals surface area contributed by atoms with Gasteiger partial charge in [-0.25, -0.2) is 4.79 Å². The van der Waals surface area contributed by atoms with E-state index < -0.39 is 17.4 Å². The summed E-state index contributed by atoms with van der Waals surface area (Å²) in [7, 11) is 1.49. The van der Waals surface area contributed by atoms with Crippen LogP contribution in [0.1, 0.15) is 26.3 Å². The first-order chi connectivity index (χ1) is 12.4. The number of rotatable bonds is 4. The average Bonchev–Trinajstić information content (AvgIpc) is 2.61. The van der Waals surface area contributed by atoms with Gasteiger partial charge in [-0.2, -0.15) is 0 Å². The van der Waals surface area contributed by atoms with E-state index in [0.717, 1.165) is 11.6 Å². The van der Waals surface area contributed by atoms with Crippen molar-refractivity contribution in [2.24, 2.45) is 5.73 Å². The van der Waals surface area contributed by atoms with Crippen LogP contribution in [-0.2, 0) is 0 Å². The number of hydrogen-bond acceptors (Lipinski definition) is 5. The van der Waals surface area contributed by atoms with Gasteiger partial charge in [-0.1, -0.05) is 6.07 Å². The van der Waals surface area contributed by atoms with E-state index in [1.54, 1.807) is 31.2 Å². The van der Waals surface area contributed by atoms with Crippen LogP contribution < -0.4 is 21.4 Å². The molecule has 2 amide bonds. The minimum Gasteiger partial charge on any atom is -0.497 e. The fourth-order valence-electron chi connectivity index (χ4n) is 2.56. The van der Waals surface area contributed by atoms with Crippen molar-refractivity contribution in [2.75, 3.05) is 12.4 Å². The second kappa shape index (κ2) is 6.72. The van der Waals surface area contributed by atoms with Crippen molar-refractivity contribution in [1.29, 1.82) is 0 Å². The van der Waals surface area contributed by atoms with Crippen molar-refractivity contribution in [3.63, 3.8) is 0 Å². The van der Waals surface area contributed by atoms with E-state index in [2.05, 4.69) is 5.32 Å². The highest BCUT2D eigenvalue weighted by Gasteiger charge is 2.15. The van der Waals surface area contributed by atoms with Gasteiger partial charge in [-0.3, -0.25) is 9.59 Å². The van der Waals surface area contributed by atoms with Crippen molar-refractivity contribution < 1.29 is 18.7 Å². The molecule has 0 fully saturated rings. The minimum absolute atomic E-state index is 0.155. The Hall–Kier alpha value is -3.61. The summed E-state index contributed by atoms with van der Waals surface area (Å²) in [5.41, 5.74) is 6.47.